The summed E-state index contributed by atoms with van der Waals surface area (Å²) in [4.78, 5) is 152. The number of nitrogens with two attached hydrogens (primary N) is 4. The minimum atomic E-state index is -1.67. The summed E-state index contributed by atoms with van der Waals surface area (Å²) in [5.41, 5.74) is 24.0. The molecule has 1 aromatic carbocycles. The maximum atomic E-state index is 14.4. The molecule has 11 amide bonds. The first kappa shape index (κ1) is 74.5. The van der Waals surface area contributed by atoms with Crippen molar-refractivity contribution in [2.45, 2.75) is 198 Å². The lowest BCUT2D eigenvalue weighted by Crippen LogP contribution is -2.61. The number of unbranched alkanes of at least 4 members (excludes halogenated alkanes) is 4. The molecule has 1 aliphatic heterocycles. The second kappa shape index (κ2) is 39.8. The van der Waals surface area contributed by atoms with Gasteiger partial charge in [-0.15, -0.1) is 12.4 Å². The lowest BCUT2D eigenvalue weighted by Gasteiger charge is -2.28. The SMILES string of the molecule is CCCCCCCC(=O)N[C@@H](CCN)C(=O)N[C@H](C(=O)N[C@@H](C)C(=O)N[C@H]1CCNC(=O)[C@H]([C@@H](C)O)NC(=O)[C@H](CCN)NC(=O)[C@H](CCN)NC(=O)[C@H](CC(C)C)NC(=O)[C@@H](Cc2ccccc2)NC(=O)[C@H](CCN)NC1=O)[C@@H](C)O.Cl. The Bertz CT molecular complexity index is 2250. The van der Waals surface area contributed by atoms with E-state index in [0.29, 0.717) is 12.0 Å². The van der Waals surface area contributed by atoms with Crippen LogP contribution in [0.2, 0.25) is 0 Å². The Hall–Kier alpha value is -6.56. The van der Waals surface area contributed by atoms with Gasteiger partial charge in [-0.2, -0.15) is 0 Å². The molecule has 470 valence electrons. The van der Waals surface area contributed by atoms with Crippen LogP contribution in [-0.2, 0) is 59.2 Å². The number of halogens is 1. The smallest absolute Gasteiger partial charge is 0.245 e. The molecule has 1 saturated heterocycles. The van der Waals surface area contributed by atoms with Crippen molar-refractivity contribution in [1.29, 1.82) is 0 Å². The molecule has 21 N–H and O–H groups in total. The number of rotatable bonds is 27. The third-order valence-electron chi connectivity index (χ3n) is 13.4. The van der Waals surface area contributed by atoms with Crippen LogP contribution in [-0.4, -0.2) is 181 Å². The van der Waals surface area contributed by atoms with E-state index in [1.165, 1.54) is 20.8 Å². The van der Waals surface area contributed by atoms with Gasteiger partial charge in [-0.05, 0) is 103 Å². The van der Waals surface area contributed by atoms with E-state index in [1.54, 1.807) is 44.2 Å². The van der Waals surface area contributed by atoms with Crippen LogP contribution in [0.5, 0.6) is 0 Å². The van der Waals surface area contributed by atoms with Crippen LogP contribution in [0.15, 0.2) is 30.3 Å². The lowest BCUT2D eigenvalue weighted by molar-refractivity contribution is -0.136. The first-order valence-electron chi connectivity index (χ1n) is 28.4. The molecule has 0 saturated carbocycles. The Morgan fingerprint density at radius 2 is 1.10 bits per heavy atom. The standard InChI is InChI=1S/C54H93N15O13.ClH/c1-7-8-9-10-14-17-42(72)61-35(18-23-55)49(77)69-44(33(6)71)54(82)60-31(4)45(73)62-39-22-27-59-53(81)43(32(5)70)68-50(78)38(21-26-58)64-46(74)36(19-24-56)65-51(79)40(28-30(2)3)66-52(80)41(29-34-15-12-11-13-16-34)67-47(75)37(20-25-57)63-48(39)76;/h11-13,15-16,30-33,35-41,43-44,70-71H,7-10,14,17-29,55-58H2,1-6H3,(H,59,81)(H,60,82)(H,61,72)(H,62,73)(H,63,76)(H,64,74)(H,65,79)(H,66,80)(H,67,75)(H,68,78)(H,69,77);1H/t31-,32+,33+,35-,36-,37-,38-,39-,40-,41+,43-,44-;/m0./s1. The van der Waals surface area contributed by atoms with Crippen LogP contribution < -0.4 is 81.4 Å². The van der Waals surface area contributed by atoms with Crippen molar-refractivity contribution < 1.29 is 63.0 Å². The molecule has 2 rings (SSSR count). The number of hydrogen-bond acceptors (Lipinski definition) is 17. The van der Waals surface area contributed by atoms with Crippen molar-refractivity contribution in [1.82, 2.24) is 58.5 Å². The van der Waals surface area contributed by atoms with Gasteiger partial charge in [0.1, 0.15) is 60.4 Å². The third kappa shape index (κ3) is 27.1. The van der Waals surface area contributed by atoms with Crippen LogP contribution >= 0.6 is 12.4 Å². The van der Waals surface area contributed by atoms with Gasteiger partial charge >= 0.3 is 0 Å². The molecule has 1 fully saturated rings. The monoisotopic (exact) mass is 1200 g/mol. The van der Waals surface area contributed by atoms with Gasteiger partial charge in [-0.1, -0.05) is 76.8 Å². The average molecular weight is 1200 g/mol. The molecule has 0 radical (unpaired) electrons. The van der Waals surface area contributed by atoms with Crippen LogP contribution in [0, 0.1) is 5.92 Å². The molecule has 0 bridgehead atoms. The van der Waals surface area contributed by atoms with E-state index in [9.17, 15) is 63.0 Å². The summed E-state index contributed by atoms with van der Waals surface area (Å²) in [5, 5.41) is 49.3. The number of hydrogen-bond donors (Lipinski definition) is 17. The summed E-state index contributed by atoms with van der Waals surface area (Å²) in [6.07, 6.45) is 0.478. The fourth-order valence-electron chi connectivity index (χ4n) is 8.72. The van der Waals surface area contributed by atoms with Crippen LogP contribution in [0.1, 0.15) is 124 Å². The highest BCUT2D eigenvalue weighted by atomic mass is 35.5. The zero-order valence-electron chi connectivity index (χ0n) is 48.7. The number of amides is 11. The highest BCUT2D eigenvalue weighted by molar-refractivity contribution is 5.99. The Kier molecular flexibility index (Phi) is 35.7. The number of carbonyl (C=O) groups is 11. The van der Waals surface area contributed by atoms with Gasteiger partial charge in [0.05, 0.1) is 12.2 Å². The van der Waals surface area contributed by atoms with Gasteiger partial charge in [0.25, 0.3) is 0 Å². The predicted octanol–water partition coefficient (Wildman–Crippen LogP) is -4.40. The van der Waals surface area contributed by atoms with Crippen molar-refractivity contribution in [2.75, 3.05) is 32.7 Å². The van der Waals surface area contributed by atoms with Gasteiger partial charge in [-0.25, -0.2) is 0 Å². The van der Waals surface area contributed by atoms with Crippen molar-refractivity contribution in [3.63, 3.8) is 0 Å². The predicted molar refractivity (Wildman–Crippen MR) is 311 cm³/mol. The summed E-state index contributed by atoms with van der Waals surface area (Å²) in [6.45, 7) is 8.41. The quantitative estimate of drug-likeness (QED) is 0.0370. The van der Waals surface area contributed by atoms with Gasteiger partial charge < -0.3 is 91.6 Å². The Labute approximate surface area is 492 Å². The van der Waals surface area contributed by atoms with Gasteiger partial charge in [0.2, 0.25) is 65.0 Å². The summed E-state index contributed by atoms with van der Waals surface area (Å²) in [6, 6.07) is -5.97. The van der Waals surface area contributed by atoms with Crippen LogP contribution in [0.3, 0.4) is 0 Å². The first-order chi connectivity index (χ1) is 38.9. The van der Waals surface area contributed by atoms with Crippen molar-refractivity contribution in [3.8, 4) is 0 Å². The summed E-state index contributed by atoms with van der Waals surface area (Å²) >= 11 is 0. The van der Waals surface area contributed by atoms with E-state index >= 15 is 0 Å². The number of aliphatic hydroxyl groups excluding tert-OH is 2. The third-order valence-corrected chi connectivity index (χ3v) is 13.4. The highest BCUT2D eigenvalue weighted by Crippen LogP contribution is 2.12. The molecule has 1 aliphatic rings. The Balaban J connectivity index is 0.0000344. The molecule has 0 spiro atoms. The van der Waals surface area contributed by atoms with E-state index in [-0.39, 0.29) is 89.4 Å². The molecule has 12 atom stereocenters. The summed E-state index contributed by atoms with van der Waals surface area (Å²) in [5.74, 6) is -9.78. The van der Waals surface area contributed by atoms with Crippen LogP contribution in [0.25, 0.3) is 0 Å². The van der Waals surface area contributed by atoms with Crippen molar-refractivity contribution >= 4 is 77.4 Å². The average Bonchev–Trinajstić information content (AvgIpc) is 3.46. The fraction of sp³-hybridized carbons (Fsp3) is 0.685. The molecule has 83 heavy (non-hydrogen) atoms. The topological polar surface area (TPSA) is 465 Å². The summed E-state index contributed by atoms with van der Waals surface area (Å²) < 4.78 is 0. The fourth-order valence-corrected chi connectivity index (χ4v) is 8.72. The lowest BCUT2D eigenvalue weighted by atomic mass is 10.00. The van der Waals surface area contributed by atoms with E-state index in [2.05, 4.69) is 65.4 Å². The Morgan fingerprint density at radius 1 is 0.590 bits per heavy atom. The highest BCUT2D eigenvalue weighted by Gasteiger charge is 2.37. The van der Waals surface area contributed by atoms with Gasteiger partial charge in [0, 0.05) is 19.4 Å². The summed E-state index contributed by atoms with van der Waals surface area (Å²) in [7, 11) is 0. The van der Waals surface area contributed by atoms with E-state index in [1.807, 2.05) is 0 Å². The second-order valence-corrected chi connectivity index (χ2v) is 21.0. The van der Waals surface area contributed by atoms with Gasteiger partial charge in [-0.3, -0.25) is 52.7 Å². The molecule has 0 aliphatic carbocycles. The Morgan fingerprint density at radius 3 is 1.61 bits per heavy atom. The molecular formula is C54H94ClN15O13. The maximum absolute atomic E-state index is 14.4. The number of nitrogens with one attached hydrogen (secondary N) is 11. The molecule has 0 aromatic heterocycles. The van der Waals surface area contributed by atoms with E-state index in [4.69, 9.17) is 22.9 Å². The molecule has 28 nitrogen and oxygen atoms in total. The zero-order valence-corrected chi connectivity index (χ0v) is 49.5. The zero-order chi connectivity index (χ0) is 61.5. The van der Waals surface area contributed by atoms with Crippen molar-refractivity contribution in [2.24, 2.45) is 28.9 Å². The second-order valence-electron chi connectivity index (χ2n) is 21.0. The van der Waals surface area contributed by atoms with E-state index in [0.717, 1.165) is 25.7 Å². The van der Waals surface area contributed by atoms with E-state index < -0.39 is 151 Å². The van der Waals surface area contributed by atoms with Gasteiger partial charge in [0.15, 0.2) is 0 Å². The normalized spacial score (nSPS) is 22.6. The molecular weight excluding hydrogens is 1100 g/mol. The number of aliphatic hydroxyl groups is 2. The number of carbonyl (C=O) groups excluding carboxylic acids is 11. The first-order valence-corrected chi connectivity index (χ1v) is 28.4. The molecule has 1 aromatic rings. The largest absolute Gasteiger partial charge is 0.391 e. The van der Waals surface area contributed by atoms with Crippen LogP contribution in [0.4, 0.5) is 0 Å². The number of benzene rings is 1. The van der Waals surface area contributed by atoms with Crippen molar-refractivity contribution in [3.05, 3.63) is 35.9 Å². The molecule has 29 heteroatoms. The molecule has 1 heterocycles. The minimum absolute atomic E-state index is 0. The molecule has 0 unspecified atom stereocenters. The minimum Gasteiger partial charge on any atom is -0.391 e. The maximum Gasteiger partial charge on any atom is 0.245 e.